The second-order valence-electron chi connectivity index (χ2n) is 4.56. The summed E-state index contributed by atoms with van der Waals surface area (Å²) in [5.41, 5.74) is 0.779. The molecule has 1 amide bonds. The first-order valence-corrected chi connectivity index (χ1v) is 5.57. The van der Waals surface area contributed by atoms with Crippen molar-refractivity contribution >= 4 is 11.9 Å². The number of furan rings is 1. The van der Waals surface area contributed by atoms with Crippen LogP contribution in [0.15, 0.2) is 16.7 Å². The molecule has 5 heteroatoms. The summed E-state index contributed by atoms with van der Waals surface area (Å²) in [4.78, 5) is 24.6. The highest BCUT2D eigenvalue weighted by molar-refractivity contribution is 5.93. The normalized spacial score (nSPS) is 24.0. The maximum absolute atomic E-state index is 12.1. The minimum atomic E-state index is -0.844. The number of hydrogen-bond donors (Lipinski definition) is 1. The molecule has 0 radical (unpaired) electrons. The van der Waals surface area contributed by atoms with Crippen LogP contribution < -0.4 is 0 Å². The van der Waals surface area contributed by atoms with E-state index in [1.54, 1.807) is 17.9 Å². The molecular weight excluding hydrogens is 222 g/mol. The lowest BCUT2D eigenvalue weighted by Crippen LogP contribution is -2.30. The molecule has 2 unspecified atom stereocenters. The van der Waals surface area contributed by atoms with Gasteiger partial charge in [0.1, 0.15) is 0 Å². The lowest BCUT2D eigenvalue weighted by Gasteiger charge is -2.14. The predicted molar refractivity (Wildman–Crippen MR) is 59.6 cm³/mol. The Hall–Kier alpha value is -1.78. The molecule has 2 heterocycles. The molecule has 92 valence electrons. The number of rotatable bonds is 2. The second-order valence-corrected chi connectivity index (χ2v) is 4.56. The molecule has 5 nitrogen and oxygen atoms in total. The fraction of sp³-hybridized carbons (Fsp3) is 0.500. The zero-order chi connectivity index (χ0) is 12.6. The molecule has 2 atom stereocenters. The van der Waals surface area contributed by atoms with E-state index >= 15 is 0 Å². The Morgan fingerprint density at radius 3 is 2.65 bits per heavy atom. The molecule has 17 heavy (non-hydrogen) atoms. The van der Waals surface area contributed by atoms with Crippen LogP contribution in [0, 0.1) is 18.8 Å². The van der Waals surface area contributed by atoms with Crippen LogP contribution in [0.4, 0.5) is 0 Å². The van der Waals surface area contributed by atoms with Gasteiger partial charge in [0.2, 0.25) is 0 Å². The smallest absolute Gasteiger partial charge is 0.308 e. The van der Waals surface area contributed by atoms with Crippen molar-refractivity contribution in [3.8, 4) is 0 Å². The number of carbonyl (C=O) groups is 2. The van der Waals surface area contributed by atoms with Crippen LogP contribution in [0.5, 0.6) is 0 Å². The third-order valence-corrected chi connectivity index (χ3v) is 3.27. The van der Waals surface area contributed by atoms with Gasteiger partial charge in [-0.15, -0.1) is 0 Å². The molecule has 1 aliphatic heterocycles. The van der Waals surface area contributed by atoms with Crippen molar-refractivity contribution in [2.75, 3.05) is 13.1 Å². The first kappa shape index (κ1) is 11.7. The molecule has 1 N–H and O–H groups in total. The van der Waals surface area contributed by atoms with E-state index in [0.29, 0.717) is 12.3 Å². The lowest BCUT2D eigenvalue weighted by atomic mass is 9.99. The van der Waals surface area contributed by atoms with E-state index in [2.05, 4.69) is 0 Å². The topological polar surface area (TPSA) is 70.8 Å². The standard InChI is InChI=1S/C12H15NO4/c1-7-3-4-17-10(7)11(14)13-5-8(2)9(6-13)12(15)16/h3-4,8-9H,5-6H2,1-2H3,(H,15,16). The van der Waals surface area contributed by atoms with Crippen molar-refractivity contribution in [3.05, 3.63) is 23.7 Å². The molecule has 0 spiro atoms. The number of amides is 1. The number of carboxylic acids is 1. The molecular formula is C12H15NO4. The first-order chi connectivity index (χ1) is 8.00. The molecule has 1 aromatic rings. The minimum absolute atomic E-state index is 0.0216. The summed E-state index contributed by atoms with van der Waals surface area (Å²) in [6.45, 7) is 4.37. The van der Waals surface area contributed by atoms with Crippen molar-refractivity contribution in [1.82, 2.24) is 4.90 Å². The lowest BCUT2D eigenvalue weighted by molar-refractivity contribution is -0.142. The van der Waals surface area contributed by atoms with Crippen LogP contribution in [-0.4, -0.2) is 35.0 Å². The Morgan fingerprint density at radius 2 is 2.18 bits per heavy atom. The number of carboxylic acid groups (broad SMARTS) is 1. The van der Waals surface area contributed by atoms with Crippen LogP contribution in [-0.2, 0) is 4.79 Å². The predicted octanol–water partition coefficient (Wildman–Crippen LogP) is 1.38. The van der Waals surface area contributed by atoms with E-state index < -0.39 is 11.9 Å². The monoisotopic (exact) mass is 237 g/mol. The van der Waals surface area contributed by atoms with E-state index in [9.17, 15) is 9.59 Å². The Morgan fingerprint density at radius 1 is 1.47 bits per heavy atom. The SMILES string of the molecule is Cc1ccoc1C(=O)N1CC(C)C(C(=O)O)C1. The molecule has 1 aliphatic rings. The highest BCUT2D eigenvalue weighted by Gasteiger charge is 2.38. The van der Waals surface area contributed by atoms with Crippen molar-refractivity contribution < 1.29 is 19.1 Å². The highest BCUT2D eigenvalue weighted by Crippen LogP contribution is 2.25. The van der Waals surface area contributed by atoms with Gasteiger partial charge in [-0.2, -0.15) is 0 Å². The summed E-state index contributed by atoms with van der Waals surface area (Å²) in [5.74, 6) is -1.25. The van der Waals surface area contributed by atoms with E-state index in [0.717, 1.165) is 5.56 Å². The van der Waals surface area contributed by atoms with Gasteiger partial charge in [-0.1, -0.05) is 6.92 Å². The van der Waals surface area contributed by atoms with Crippen LogP contribution in [0.1, 0.15) is 23.0 Å². The van der Waals surface area contributed by atoms with Gasteiger partial charge in [0.25, 0.3) is 5.91 Å². The fourth-order valence-corrected chi connectivity index (χ4v) is 2.19. The molecule has 1 saturated heterocycles. The first-order valence-electron chi connectivity index (χ1n) is 5.57. The second kappa shape index (κ2) is 4.24. The van der Waals surface area contributed by atoms with Crippen molar-refractivity contribution in [2.24, 2.45) is 11.8 Å². The molecule has 0 aromatic carbocycles. The van der Waals surface area contributed by atoms with Gasteiger partial charge in [0.05, 0.1) is 12.2 Å². The summed E-state index contributed by atoms with van der Waals surface area (Å²) < 4.78 is 5.13. The van der Waals surface area contributed by atoms with Gasteiger partial charge in [0, 0.05) is 18.7 Å². The van der Waals surface area contributed by atoms with Crippen molar-refractivity contribution in [2.45, 2.75) is 13.8 Å². The Bertz CT molecular complexity index is 451. The van der Waals surface area contributed by atoms with Crippen LogP contribution in [0.25, 0.3) is 0 Å². The van der Waals surface area contributed by atoms with E-state index in [4.69, 9.17) is 9.52 Å². The average molecular weight is 237 g/mol. The van der Waals surface area contributed by atoms with Crippen LogP contribution in [0.2, 0.25) is 0 Å². The number of aryl methyl sites for hydroxylation is 1. The van der Waals surface area contributed by atoms with Gasteiger partial charge in [-0.25, -0.2) is 0 Å². The van der Waals surface area contributed by atoms with E-state index in [1.165, 1.54) is 6.26 Å². The molecule has 2 rings (SSSR count). The van der Waals surface area contributed by atoms with Crippen LogP contribution >= 0.6 is 0 Å². The van der Waals surface area contributed by atoms with E-state index in [1.807, 2.05) is 6.92 Å². The number of nitrogens with zero attached hydrogens (tertiary/aromatic N) is 1. The van der Waals surface area contributed by atoms with Gasteiger partial charge in [-0.3, -0.25) is 9.59 Å². The van der Waals surface area contributed by atoms with Crippen molar-refractivity contribution in [3.63, 3.8) is 0 Å². The summed E-state index contributed by atoms with van der Waals surface area (Å²) in [5, 5.41) is 9.01. The number of likely N-dealkylation sites (tertiary alicyclic amines) is 1. The molecule has 1 aromatic heterocycles. The quantitative estimate of drug-likeness (QED) is 0.843. The van der Waals surface area contributed by atoms with Crippen LogP contribution in [0.3, 0.4) is 0 Å². The third-order valence-electron chi connectivity index (χ3n) is 3.27. The Labute approximate surface area is 99.0 Å². The van der Waals surface area contributed by atoms with Crippen molar-refractivity contribution in [1.29, 1.82) is 0 Å². The minimum Gasteiger partial charge on any atom is -0.481 e. The average Bonchev–Trinajstić information content (AvgIpc) is 2.83. The Balaban J connectivity index is 2.13. The third kappa shape index (κ3) is 2.05. The highest BCUT2D eigenvalue weighted by atomic mass is 16.4. The molecule has 0 saturated carbocycles. The zero-order valence-electron chi connectivity index (χ0n) is 9.84. The number of hydrogen-bond acceptors (Lipinski definition) is 3. The summed E-state index contributed by atoms with van der Waals surface area (Å²) in [6, 6.07) is 1.72. The summed E-state index contributed by atoms with van der Waals surface area (Å²) in [6.07, 6.45) is 1.47. The zero-order valence-corrected chi connectivity index (χ0v) is 9.84. The number of aliphatic carboxylic acids is 1. The maximum Gasteiger partial charge on any atom is 0.308 e. The van der Waals surface area contributed by atoms with Gasteiger partial charge < -0.3 is 14.4 Å². The number of carbonyl (C=O) groups excluding carboxylic acids is 1. The van der Waals surface area contributed by atoms with E-state index in [-0.39, 0.29) is 18.4 Å². The van der Waals surface area contributed by atoms with Gasteiger partial charge >= 0.3 is 5.97 Å². The molecule has 0 aliphatic carbocycles. The Kier molecular flexibility index (Phi) is 2.92. The largest absolute Gasteiger partial charge is 0.481 e. The fourth-order valence-electron chi connectivity index (χ4n) is 2.19. The van der Waals surface area contributed by atoms with Gasteiger partial charge in [-0.05, 0) is 18.9 Å². The summed E-state index contributed by atoms with van der Waals surface area (Å²) in [7, 11) is 0. The maximum atomic E-state index is 12.1. The molecule has 0 bridgehead atoms. The summed E-state index contributed by atoms with van der Waals surface area (Å²) >= 11 is 0. The molecule has 1 fully saturated rings. The van der Waals surface area contributed by atoms with Gasteiger partial charge in [0.15, 0.2) is 5.76 Å².